The summed E-state index contributed by atoms with van der Waals surface area (Å²) < 4.78 is 15.8. The van der Waals surface area contributed by atoms with Crippen molar-refractivity contribution in [2.75, 3.05) is 27.9 Å². The van der Waals surface area contributed by atoms with Gasteiger partial charge < -0.3 is 24.5 Å². The van der Waals surface area contributed by atoms with Gasteiger partial charge in [0.15, 0.2) is 11.5 Å². The second-order valence-electron chi connectivity index (χ2n) is 5.52. The number of aromatic nitrogens is 1. The Bertz CT molecular complexity index is 697. The molecule has 1 aromatic heterocycles. The van der Waals surface area contributed by atoms with Crippen LogP contribution in [-0.4, -0.2) is 38.8 Å². The Hall–Kier alpha value is -2.63. The maximum atomic E-state index is 12.4. The summed E-state index contributed by atoms with van der Waals surface area (Å²) in [7, 11) is 4.58. The average molecular weight is 332 g/mol. The van der Waals surface area contributed by atoms with Gasteiger partial charge in [-0.1, -0.05) is 0 Å². The molecule has 24 heavy (non-hydrogen) atoms. The lowest BCUT2D eigenvalue weighted by Gasteiger charge is -2.14. The zero-order chi connectivity index (χ0) is 17.7. The van der Waals surface area contributed by atoms with Crippen LogP contribution in [0.2, 0.25) is 0 Å². The monoisotopic (exact) mass is 332 g/mol. The van der Waals surface area contributed by atoms with Crippen LogP contribution in [0.5, 0.6) is 17.2 Å². The Morgan fingerprint density at radius 1 is 1.04 bits per heavy atom. The number of aromatic amines is 1. The van der Waals surface area contributed by atoms with Gasteiger partial charge in [0.1, 0.15) is 0 Å². The van der Waals surface area contributed by atoms with Crippen molar-refractivity contribution in [2.24, 2.45) is 0 Å². The molecule has 1 aromatic carbocycles. The van der Waals surface area contributed by atoms with Crippen LogP contribution in [0.25, 0.3) is 0 Å². The van der Waals surface area contributed by atoms with E-state index in [-0.39, 0.29) is 5.91 Å². The van der Waals surface area contributed by atoms with Gasteiger partial charge >= 0.3 is 0 Å². The van der Waals surface area contributed by atoms with Crippen LogP contribution in [0.3, 0.4) is 0 Å². The van der Waals surface area contributed by atoms with E-state index in [0.29, 0.717) is 29.4 Å². The highest BCUT2D eigenvalue weighted by atomic mass is 16.5. The average Bonchev–Trinajstić information content (AvgIpc) is 2.90. The molecule has 0 fully saturated rings. The summed E-state index contributed by atoms with van der Waals surface area (Å²) in [6, 6.07) is 5.38. The number of hydrogen-bond acceptors (Lipinski definition) is 4. The fourth-order valence-electron chi connectivity index (χ4n) is 2.67. The zero-order valence-electron chi connectivity index (χ0n) is 14.8. The van der Waals surface area contributed by atoms with Crippen LogP contribution < -0.4 is 19.5 Å². The molecule has 0 aliphatic rings. The van der Waals surface area contributed by atoms with Gasteiger partial charge in [0.05, 0.1) is 21.3 Å². The Balaban J connectivity index is 2.08. The largest absolute Gasteiger partial charge is 0.493 e. The van der Waals surface area contributed by atoms with Gasteiger partial charge in [-0.3, -0.25) is 4.79 Å². The molecule has 2 aromatic rings. The maximum Gasteiger partial charge on any atom is 0.251 e. The predicted octanol–water partition coefficient (Wildman–Crippen LogP) is 2.63. The quantitative estimate of drug-likeness (QED) is 0.817. The van der Waals surface area contributed by atoms with Crippen LogP contribution in [-0.2, 0) is 6.42 Å². The maximum absolute atomic E-state index is 12.4. The number of methoxy groups -OCH3 is 3. The predicted molar refractivity (Wildman–Crippen MR) is 92.4 cm³/mol. The van der Waals surface area contributed by atoms with Crippen molar-refractivity contribution in [3.05, 3.63) is 40.7 Å². The third-order valence-corrected chi connectivity index (χ3v) is 3.86. The molecule has 0 spiro atoms. The number of rotatable bonds is 7. The van der Waals surface area contributed by atoms with Gasteiger partial charge in [0.2, 0.25) is 5.75 Å². The molecule has 2 rings (SSSR count). The number of hydrogen-bond donors (Lipinski definition) is 2. The molecular formula is C18H24N2O4. The summed E-state index contributed by atoms with van der Waals surface area (Å²) >= 11 is 0. The number of carbonyl (C=O) groups is 1. The third kappa shape index (κ3) is 3.82. The summed E-state index contributed by atoms with van der Waals surface area (Å²) in [6.07, 6.45) is 0.770. The minimum Gasteiger partial charge on any atom is -0.493 e. The van der Waals surface area contributed by atoms with Crippen molar-refractivity contribution in [3.63, 3.8) is 0 Å². The molecule has 130 valence electrons. The van der Waals surface area contributed by atoms with E-state index in [1.54, 1.807) is 12.1 Å². The van der Waals surface area contributed by atoms with E-state index < -0.39 is 0 Å². The number of amides is 1. The van der Waals surface area contributed by atoms with E-state index in [0.717, 1.165) is 17.8 Å². The van der Waals surface area contributed by atoms with Gasteiger partial charge in [0.25, 0.3) is 5.91 Å². The minimum absolute atomic E-state index is 0.181. The van der Waals surface area contributed by atoms with Crippen LogP contribution >= 0.6 is 0 Å². The number of nitrogens with one attached hydrogen (secondary N) is 2. The molecular weight excluding hydrogens is 308 g/mol. The first-order valence-electron chi connectivity index (χ1n) is 7.73. The Morgan fingerprint density at radius 3 is 2.12 bits per heavy atom. The van der Waals surface area contributed by atoms with Crippen LogP contribution in [0.1, 0.15) is 27.3 Å². The molecule has 0 aliphatic carbocycles. The first kappa shape index (κ1) is 17.7. The van der Waals surface area contributed by atoms with Gasteiger partial charge in [-0.25, -0.2) is 0 Å². The van der Waals surface area contributed by atoms with E-state index in [4.69, 9.17) is 14.2 Å². The highest BCUT2D eigenvalue weighted by Gasteiger charge is 2.16. The van der Waals surface area contributed by atoms with Crippen molar-refractivity contribution >= 4 is 5.91 Å². The summed E-state index contributed by atoms with van der Waals surface area (Å²) in [5.74, 6) is 1.20. The van der Waals surface area contributed by atoms with E-state index in [9.17, 15) is 4.79 Å². The lowest BCUT2D eigenvalue weighted by Crippen LogP contribution is -2.25. The molecule has 0 saturated heterocycles. The summed E-state index contributed by atoms with van der Waals surface area (Å²) in [5, 5.41) is 2.92. The highest BCUT2D eigenvalue weighted by Crippen LogP contribution is 2.38. The number of carbonyl (C=O) groups excluding carboxylic acids is 1. The second-order valence-corrected chi connectivity index (χ2v) is 5.52. The van der Waals surface area contributed by atoms with Crippen LogP contribution in [0, 0.1) is 13.8 Å². The molecule has 0 radical (unpaired) electrons. The van der Waals surface area contributed by atoms with E-state index in [2.05, 4.69) is 16.4 Å². The molecule has 1 amide bonds. The summed E-state index contributed by atoms with van der Waals surface area (Å²) in [4.78, 5) is 15.7. The second kappa shape index (κ2) is 7.77. The van der Waals surface area contributed by atoms with Crippen molar-refractivity contribution in [2.45, 2.75) is 20.3 Å². The first-order valence-corrected chi connectivity index (χ1v) is 7.73. The first-order chi connectivity index (χ1) is 11.5. The molecule has 1 heterocycles. The van der Waals surface area contributed by atoms with Gasteiger partial charge in [-0.05, 0) is 44.0 Å². The Morgan fingerprint density at radius 2 is 1.67 bits per heavy atom. The number of ether oxygens (including phenoxy) is 3. The summed E-state index contributed by atoms with van der Waals surface area (Å²) in [6.45, 7) is 4.60. The number of H-pyrrole nitrogens is 1. The molecule has 2 N–H and O–H groups in total. The number of aryl methyl sites for hydroxylation is 2. The topological polar surface area (TPSA) is 72.6 Å². The molecule has 0 bridgehead atoms. The zero-order valence-corrected chi connectivity index (χ0v) is 14.8. The summed E-state index contributed by atoms with van der Waals surface area (Å²) in [5.41, 5.74) is 3.93. The van der Waals surface area contributed by atoms with Crippen molar-refractivity contribution in [3.8, 4) is 17.2 Å². The molecule has 0 aliphatic heterocycles. The van der Waals surface area contributed by atoms with Gasteiger partial charge in [0, 0.05) is 23.5 Å². The molecule has 0 unspecified atom stereocenters. The molecule has 0 saturated carbocycles. The van der Waals surface area contributed by atoms with E-state index >= 15 is 0 Å². The molecule has 6 heteroatoms. The van der Waals surface area contributed by atoms with Gasteiger partial charge in [-0.15, -0.1) is 0 Å². The van der Waals surface area contributed by atoms with Crippen LogP contribution in [0.15, 0.2) is 18.2 Å². The van der Waals surface area contributed by atoms with Crippen molar-refractivity contribution in [1.29, 1.82) is 0 Å². The van der Waals surface area contributed by atoms with Crippen molar-refractivity contribution < 1.29 is 19.0 Å². The lowest BCUT2D eigenvalue weighted by atomic mass is 10.1. The third-order valence-electron chi connectivity index (χ3n) is 3.86. The molecule has 0 atom stereocenters. The fraction of sp³-hybridized carbons (Fsp3) is 0.389. The van der Waals surface area contributed by atoms with E-state index in [1.807, 2.05) is 13.8 Å². The van der Waals surface area contributed by atoms with Crippen molar-refractivity contribution in [1.82, 2.24) is 10.3 Å². The molecule has 6 nitrogen and oxygen atoms in total. The minimum atomic E-state index is -0.181. The standard InChI is InChI=1S/C18H24N2O4/c1-11-8-13(12(2)20-11)6-7-19-18(21)14-9-15(22-3)17(24-5)16(10-14)23-4/h8-10,20H,6-7H2,1-5H3,(H,19,21). The fourth-order valence-corrected chi connectivity index (χ4v) is 2.67. The Labute approximate surface area is 142 Å². The highest BCUT2D eigenvalue weighted by molar-refractivity contribution is 5.95. The Kier molecular flexibility index (Phi) is 5.73. The number of benzene rings is 1. The van der Waals surface area contributed by atoms with E-state index in [1.165, 1.54) is 26.9 Å². The van der Waals surface area contributed by atoms with Crippen LogP contribution in [0.4, 0.5) is 0 Å². The normalized spacial score (nSPS) is 10.4. The smallest absolute Gasteiger partial charge is 0.251 e. The van der Waals surface area contributed by atoms with Gasteiger partial charge in [-0.2, -0.15) is 0 Å². The lowest BCUT2D eigenvalue weighted by molar-refractivity contribution is 0.0953. The SMILES string of the molecule is COc1cc(C(=O)NCCc2cc(C)[nH]c2C)cc(OC)c1OC.